The smallest absolute Gasteiger partial charge is 0.126 e. The third-order valence-corrected chi connectivity index (χ3v) is 2.19. The fraction of sp³-hybridized carbons (Fsp3) is 0.900. The van der Waals surface area contributed by atoms with Gasteiger partial charge in [0.05, 0.1) is 0 Å². The summed E-state index contributed by atoms with van der Waals surface area (Å²) in [6, 6.07) is 0. The lowest BCUT2D eigenvalue weighted by Gasteiger charge is -2.27. The van der Waals surface area contributed by atoms with Crippen molar-refractivity contribution >= 4 is 5.84 Å². The van der Waals surface area contributed by atoms with Gasteiger partial charge in [-0.25, -0.2) is 0 Å². The summed E-state index contributed by atoms with van der Waals surface area (Å²) in [5.74, 6) is 0.624. The Morgan fingerprint density at radius 2 is 2.00 bits per heavy atom. The molecule has 1 atom stereocenters. The molecule has 78 valence electrons. The Morgan fingerprint density at radius 3 is 2.38 bits per heavy atom. The van der Waals surface area contributed by atoms with Gasteiger partial charge in [-0.05, 0) is 26.7 Å². The van der Waals surface area contributed by atoms with Gasteiger partial charge in [0, 0.05) is 13.2 Å². The van der Waals surface area contributed by atoms with Crippen LogP contribution in [0.3, 0.4) is 0 Å². The highest BCUT2D eigenvalue weighted by Gasteiger charge is 2.26. The highest BCUT2D eigenvalue weighted by Crippen LogP contribution is 2.15. The maximum absolute atomic E-state index is 5.86. The number of nitrogens with zero attached hydrogens (tertiary/aromatic N) is 1. The van der Waals surface area contributed by atoms with Crippen molar-refractivity contribution in [1.82, 2.24) is 0 Å². The molecule has 0 rings (SSSR count). The third kappa shape index (κ3) is 3.77. The van der Waals surface area contributed by atoms with Crippen LogP contribution >= 0.6 is 0 Å². The molecular weight excluding hydrogens is 164 g/mol. The Bertz CT molecular complexity index is 168. The summed E-state index contributed by atoms with van der Waals surface area (Å²) in [6.07, 6.45) is 1.88. The quantitative estimate of drug-likeness (QED) is 0.509. The topological polar surface area (TPSA) is 47.6 Å². The number of aliphatic imine (C=N–C) groups is 1. The molecule has 0 aromatic carbocycles. The zero-order chi connectivity index (χ0) is 10.3. The van der Waals surface area contributed by atoms with Gasteiger partial charge in [-0.1, -0.05) is 13.8 Å². The second-order valence-electron chi connectivity index (χ2n) is 3.28. The van der Waals surface area contributed by atoms with Crippen LogP contribution < -0.4 is 5.73 Å². The van der Waals surface area contributed by atoms with Gasteiger partial charge in [-0.3, -0.25) is 4.99 Å². The van der Waals surface area contributed by atoms with Crippen LogP contribution in [0.15, 0.2) is 4.99 Å². The standard InChI is InChI=1S/C10H22N2O/c1-5-8-12-9(11)10(4,6-2)13-7-3/h5-8H2,1-4H3,(H2,11,12). The zero-order valence-corrected chi connectivity index (χ0v) is 9.26. The SMILES string of the molecule is CCCN=C(N)C(C)(CC)OCC. The van der Waals surface area contributed by atoms with Crippen LogP contribution in [0.1, 0.15) is 40.5 Å². The molecule has 13 heavy (non-hydrogen) atoms. The predicted molar refractivity (Wildman–Crippen MR) is 57.1 cm³/mol. The van der Waals surface area contributed by atoms with E-state index in [0.717, 1.165) is 19.4 Å². The van der Waals surface area contributed by atoms with E-state index in [1.54, 1.807) is 0 Å². The highest BCUT2D eigenvalue weighted by molar-refractivity contribution is 5.88. The van der Waals surface area contributed by atoms with E-state index in [2.05, 4.69) is 18.8 Å². The van der Waals surface area contributed by atoms with E-state index in [4.69, 9.17) is 10.5 Å². The summed E-state index contributed by atoms with van der Waals surface area (Å²) in [7, 11) is 0. The summed E-state index contributed by atoms with van der Waals surface area (Å²) < 4.78 is 5.58. The van der Waals surface area contributed by atoms with E-state index in [9.17, 15) is 0 Å². The lowest BCUT2D eigenvalue weighted by Crippen LogP contribution is -2.43. The van der Waals surface area contributed by atoms with Crippen LogP contribution in [0.5, 0.6) is 0 Å². The lowest BCUT2D eigenvalue weighted by molar-refractivity contribution is 0.0258. The molecule has 0 bridgehead atoms. The minimum atomic E-state index is -0.371. The van der Waals surface area contributed by atoms with E-state index in [1.165, 1.54) is 0 Å². The molecule has 0 amide bonds. The summed E-state index contributed by atoms with van der Waals surface area (Å²) in [5.41, 5.74) is 5.49. The Kier molecular flexibility index (Phi) is 5.71. The Morgan fingerprint density at radius 1 is 1.38 bits per heavy atom. The van der Waals surface area contributed by atoms with Gasteiger partial charge < -0.3 is 10.5 Å². The summed E-state index contributed by atoms with van der Waals surface area (Å²) in [4.78, 5) is 4.27. The van der Waals surface area contributed by atoms with Crippen LogP contribution in [0, 0.1) is 0 Å². The molecule has 0 aliphatic heterocycles. The monoisotopic (exact) mass is 186 g/mol. The van der Waals surface area contributed by atoms with E-state index >= 15 is 0 Å². The van der Waals surface area contributed by atoms with E-state index in [1.807, 2.05) is 13.8 Å². The first-order valence-electron chi connectivity index (χ1n) is 5.05. The summed E-state index contributed by atoms with van der Waals surface area (Å²) >= 11 is 0. The third-order valence-electron chi connectivity index (χ3n) is 2.19. The number of hydrogen-bond acceptors (Lipinski definition) is 2. The van der Waals surface area contributed by atoms with Crippen molar-refractivity contribution < 1.29 is 4.74 Å². The van der Waals surface area contributed by atoms with Gasteiger partial charge >= 0.3 is 0 Å². The molecule has 0 aliphatic rings. The molecule has 0 heterocycles. The number of hydrogen-bond donors (Lipinski definition) is 1. The van der Waals surface area contributed by atoms with Crippen molar-refractivity contribution in [2.45, 2.75) is 46.1 Å². The first-order chi connectivity index (χ1) is 6.10. The molecule has 3 nitrogen and oxygen atoms in total. The van der Waals surface area contributed by atoms with Gasteiger partial charge in [0.25, 0.3) is 0 Å². The van der Waals surface area contributed by atoms with Crippen molar-refractivity contribution in [3.05, 3.63) is 0 Å². The van der Waals surface area contributed by atoms with Crippen molar-refractivity contribution in [1.29, 1.82) is 0 Å². The van der Waals surface area contributed by atoms with E-state index < -0.39 is 0 Å². The zero-order valence-electron chi connectivity index (χ0n) is 9.26. The van der Waals surface area contributed by atoms with Gasteiger partial charge in [0.2, 0.25) is 0 Å². The summed E-state index contributed by atoms with van der Waals surface area (Å²) in [5, 5.41) is 0. The molecule has 0 saturated heterocycles. The molecule has 0 saturated carbocycles. The average Bonchev–Trinajstić information content (AvgIpc) is 2.14. The minimum absolute atomic E-state index is 0.371. The van der Waals surface area contributed by atoms with Crippen LogP contribution in [0.25, 0.3) is 0 Å². The normalized spacial score (nSPS) is 17.1. The maximum Gasteiger partial charge on any atom is 0.126 e. The van der Waals surface area contributed by atoms with E-state index in [0.29, 0.717) is 12.4 Å². The van der Waals surface area contributed by atoms with Crippen molar-refractivity contribution in [2.24, 2.45) is 10.7 Å². The minimum Gasteiger partial charge on any atom is -0.385 e. The first-order valence-corrected chi connectivity index (χ1v) is 5.05. The molecule has 0 aromatic rings. The van der Waals surface area contributed by atoms with Gasteiger partial charge in [-0.2, -0.15) is 0 Å². The molecule has 1 unspecified atom stereocenters. The largest absolute Gasteiger partial charge is 0.385 e. The van der Waals surface area contributed by atoms with Gasteiger partial charge in [-0.15, -0.1) is 0 Å². The molecule has 0 aliphatic carbocycles. The first kappa shape index (κ1) is 12.4. The predicted octanol–water partition coefficient (Wildman–Crippen LogP) is 1.96. The summed E-state index contributed by atoms with van der Waals surface area (Å²) in [6.45, 7) is 9.57. The number of rotatable bonds is 6. The molecular formula is C10H22N2O. The van der Waals surface area contributed by atoms with Crippen molar-refractivity contribution in [3.8, 4) is 0 Å². The molecule has 0 fully saturated rings. The molecule has 3 heteroatoms. The van der Waals surface area contributed by atoms with Gasteiger partial charge in [0.15, 0.2) is 0 Å². The van der Waals surface area contributed by atoms with Crippen molar-refractivity contribution in [2.75, 3.05) is 13.2 Å². The number of nitrogens with two attached hydrogens (primary N) is 1. The molecule has 0 spiro atoms. The second-order valence-corrected chi connectivity index (χ2v) is 3.28. The maximum atomic E-state index is 5.86. The highest BCUT2D eigenvalue weighted by atomic mass is 16.5. The van der Waals surface area contributed by atoms with E-state index in [-0.39, 0.29) is 5.60 Å². The Labute approximate surface area is 81.4 Å². The van der Waals surface area contributed by atoms with Crippen LogP contribution in [0.2, 0.25) is 0 Å². The fourth-order valence-corrected chi connectivity index (χ4v) is 1.08. The van der Waals surface area contributed by atoms with Gasteiger partial charge in [0.1, 0.15) is 11.4 Å². The molecule has 0 aromatic heterocycles. The fourth-order valence-electron chi connectivity index (χ4n) is 1.08. The molecule has 2 N–H and O–H groups in total. The van der Waals surface area contributed by atoms with Crippen LogP contribution in [-0.4, -0.2) is 24.6 Å². The van der Waals surface area contributed by atoms with Crippen LogP contribution in [-0.2, 0) is 4.74 Å². The Hall–Kier alpha value is -0.570. The average molecular weight is 186 g/mol. The second kappa shape index (κ2) is 5.97. The van der Waals surface area contributed by atoms with Crippen LogP contribution in [0.4, 0.5) is 0 Å². The number of ether oxygens (including phenoxy) is 1. The molecule has 0 radical (unpaired) electrons. The Balaban J connectivity index is 4.35. The van der Waals surface area contributed by atoms with Crippen molar-refractivity contribution in [3.63, 3.8) is 0 Å². The number of amidine groups is 1. The lowest BCUT2D eigenvalue weighted by atomic mass is 10.0.